The average Bonchev–Trinajstić information content (AvgIpc) is 2.45. The third kappa shape index (κ3) is 3.94. The molecule has 0 N–H and O–H groups in total. The number of hydrogen-bond acceptors (Lipinski definition) is 4. The maximum atomic E-state index is 13.2. The van der Waals surface area contributed by atoms with Gasteiger partial charge in [0.1, 0.15) is 11.8 Å². The lowest BCUT2D eigenvalue weighted by Crippen LogP contribution is -2.22. The van der Waals surface area contributed by atoms with Crippen LogP contribution in [0.3, 0.4) is 0 Å². The van der Waals surface area contributed by atoms with Crippen molar-refractivity contribution >= 4 is 5.97 Å². The van der Waals surface area contributed by atoms with Gasteiger partial charge in [-0.1, -0.05) is 13.3 Å². The van der Waals surface area contributed by atoms with E-state index in [1.54, 1.807) is 6.92 Å². The number of halogens is 5. The van der Waals surface area contributed by atoms with Crippen LogP contribution >= 0.6 is 0 Å². The summed E-state index contributed by atoms with van der Waals surface area (Å²) < 4.78 is 70.0. The second-order valence-electron chi connectivity index (χ2n) is 4.45. The summed E-state index contributed by atoms with van der Waals surface area (Å²) >= 11 is 0. The summed E-state index contributed by atoms with van der Waals surface area (Å²) in [5.41, 5.74) is -5.13. The highest BCUT2D eigenvalue weighted by Gasteiger charge is 2.41. The minimum absolute atomic E-state index is 0.164. The van der Waals surface area contributed by atoms with Gasteiger partial charge in [0.05, 0.1) is 17.7 Å². The Hall–Kier alpha value is -2.24. The first-order chi connectivity index (χ1) is 10.7. The SMILES string of the molecule is CCCc1c(C#N)c(C(F)F)nc(C(F)(F)F)c1C(=O)OCC. The number of hydrogen-bond donors (Lipinski definition) is 0. The monoisotopic (exact) mass is 336 g/mol. The minimum atomic E-state index is -5.14. The molecule has 0 unspecified atom stereocenters. The zero-order valence-corrected chi connectivity index (χ0v) is 12.3. The molecule has 4 nitrogen and oxygen atoms in total. The Labute approximate surface area is 128 Å². The summed E-state index contributed by atoms with van der Waals surface area (Å²) in [6, 6.07) is 1.43. The van der Waals surface area contributed by atoms with E-state index in [4.69, 9.17) is 5.26 Å². The molecule has 0 saturated heterocycles. The van der Waals surface area contributed by atoms with Crippen LogP contribution in [0.2, 0.25) is 0 Å². The van der Waals surface area contributed by atoms with E-state index in [1.165, 1.54) is 13.0 Å². The first kappa shape index (κ1) is 18.8. The van der Waals surface area contributed by atoms with E-state index in [0.29, 0.717) is 0 Å². The molecule has 23 heavy (non-hydrogen) atoms. The third-order valence-electron chi connectivity index (χ3n) is 2.90. The Morgan fingerprint density at radius 2 is 1.96 bits per heavy atom. The Morgan fingerprint density at radius 1 is 1.35 bits per heavy atom. The number of nitriles is 1. The van der Waals surface area contributed by atoms with Crippen molar-refractivity contribution in [3.63, 3.8) is 0 Å². The van der Waals surface area contributed by atoms with E-state index in [1.807, 2.05) is 0 Å². The maximum absolute atomic E-state index is 13.2. The molecule has 0 aromatic carbocycles. The zero-order valence-electron chi connectivity index (χ0n) is 12.3. The van der Waals surface area contributed by atoms with Crippen LogP contribution in [0, 0.1) is 11.3 Å². The van der Waals surface area contributed by atoms with E-state index in [2.05, 4.69) is 9.72 Å². The smallest absolute Gasteiger partial charge is 0.434 e. The molecule has 9 heteroatoms. The van der Waals surface area contributed by atoms with Crippen LogP contribution in [0.15, 0.2) is 0 Å². The van der Waals surface area contributed by atoms with Gasteiger partial charge in [0.25, 0.3) is 6.43 Å². The number of esters is 1. The third-order valence-corrected chi connectivity index (χ3v) is 2.90. The van der Waals surface area contributed by atoms with Crippen LogP contribution in [-0.2, 0) is 17.3 Å². The predicted molar refractivity (Wildman–Crippen MR) is 68.9 cm³/mol. The van der Waals surface area contributed by atoms with Crippen molar-refractivity contribution in [2.24, 2.45) is 0 Å². The van der Waals surface area contributed by atoms with Crippen molar-refractivity contribution < 1.29 is 31.5 Å². The van der Waals surface area contributed by atoms with E-state index in [-0.39, 0.29) is 19.4 Å². The molecule has 0 fully saturated rings. The van der Waals surface area contributed by atoms with Gasteiger partial charge in [-0.2, -0.15) is 18.4 Å². The molecule has 0 aliphatic carbocycles. The Balaban J connectivity index is 3.88. The molecule has 1 rings (SSSR count). The van der Waals surface area contributed by atoms with Gasteiger partial charge in [-0.15, -0.1) is 0 Å². The van der Waals surface area contributed by atoms with E-state index < -0.39 is 46.6 Å². The summed E-state index contributed by atoms with van der Waals surface area (Å²) in [5.74, 6) is -1.34. The molecule has 0 amide bonds. The largest absolute Gasteiger partial charge is 0.462 e. The highest BCUT2D eigenvalue weighted by atomic mass is 19.4. The van der Waals surface area contributed by atoms with Gasteiger partial charge in [0, 0.05) is 0 Å². The van der Waals surface area contributed by atoms with Crippen LogP contribution < -0.4 is 0 Å². The van der Waals surface area contributed by atoms with Crippen molar-refractivity contribution in [3.05, 3.63) is 28.1 Å². The molecule has 126 valence electrons. The topological polar surface area (TPSA) is 63.0 Å². The van der Waals surface area contributed by atoms with E-state index in [0.717, 1.165) is 0 Å². The van der Waals surface area contributed by atoms with E-state index in [9.17, 15) is 26.7 Å². The van der Waals surface area contributed by atoms with Crippen LogP contribution in [-0.4, -0.2) is 17.6 Å². The summed E-state index contributed by atoms with van der Waals surface area (Å²) in [7, 11) is 0. The number of ether oxygens (including phenoxy) is 1. The van der Waals surface area contributed by atoms with Gasteiger partial charge in [-0.25, -0.2) is 18.6 Å². The molecular formula is C14H13F5N2O2. The van der Waals surface area contributed by atoms with Crippen molar-refractivity contribution in [1.82, 2.24) is 4.98 Å². The Morgan fingerprint density at radius 3 is 2.35 bits per heavy atom. The van der Waals surface area contributed by atoms with Gasteiger partial charge >= 0.3 is 12.1 Å². The number of alkyl halides is 5. The fourth-order valence-electron chi connectivity index (χ4n) is 2.07. The average molecular weight is 336 g/mol. The first-order valence-corrected chi connectivity index (χ1v) is 6.68. The van der Waals surface area contributed by atoms with Crippen molar-refractivity contribution in [3.8, 4) is 6.07 Å². The minimum Gasteiger partial charge on any atom is -0.462 e. The van der Waals surface area contributed by atoms with Crippen molar-refractivity contribution in [2.75, 3.05) is 6.61 Å². The number of pyridine rings is 1. The highest BCUT2D eigenvalue weighted by Crippen LogP contribution is 2.37. The number of aromatic nitrogens is 1. The number of carbonyl (C=O) groups excluding carboxylic acids is 1. The molecule has 0 bridgehead atoms. The lowest BCUT2D eigenvalue weighted by molar-refractivity contribution is -0.142. The Kier molecular flexibility index (Phi) is 6.01. The predicted octanol–water partition coefficient (Wildman–Crippen LogP) is 4.04. The van der Waals surface area contributed by atoms with Gasteiger partial charge in [0.2, 0.25) is 0 Å². The molecule has 0 aliphatic heterocycles. The normalized spacial score (nSPS) is 11.4. The molecule has 0 spiro atoms. The van der Waals surface area contributed by atoms with Crippen molar-refractivity contribution in [1.29, 1.82) is 5.26 Å². The van der Waals surface area contributed by atoms with Gasteiger partial charge in [-0.3, -0.25) is 0 Å². The molecule has 1 aromatic heterocycles. The second kappa shape index (κ2) is 7.35. The molecule has 0 aliphatic rings. The zero-order chi connectivity index (χ0) is 17.8. The Bertz CT molecular complexity index is 636. The van der Waals surface area contributed by atoms with Gasteiger partial charge in [-0.05, 0) is 18.9 Å². The summed E-state index contributed by atoms with van der Waals surface area (Å²) in [4.78, 5) is 14.8. The number of rotatable bonds is 5. The number of carbonyl (C=O) groups is 1. The molecule has 1 heterocycles. The van der Waals surface area contributed by atoms with Crippen LogP contribution in [0.5, 0.6) is 0 Å². The molecule has 1 aromatic rings. The van der Waals surface area contributed by atoms with Gasteiger partial charge < -0.3 is 4.74 Å². The first-order valence-electron chi connectivity index (χ1n) is 6.68. The lowest BCUT2D eigenvalue weighted by Gasteiger charge is -2.18. The number of nitrogens with zero attached hydrogens (tertiary/aromatic N) is 2. The van der Waals surface area contributed by atoms with Crippen LogP contribution in [0.25, 0.3) is 0 Å². The standard InChI is InChI=1S/C14H13F5N2O2/c1-3-5-7-8(6-20)10(12(15)16)21-11(14(17,18)19)9(7)13(22)23-4-2/h12H,3-5H2,1-2H3. The quantitative estimate of drug-likeness (QED) is 0.601. The lowest BCUT2D eigenvalue weighted by atomic mass is 9.94. The fourth-order valence-corrected chi connectivity index (χ4v) is 2.07. The van der Waals surface area contributed by atoms with Crippen LogP contribution in [0.4, 0.5) is 22.0 Å². The summed E-state index contributed by atoms with van der Waals surface area (Å²) in [6.07, 6.45) is -8.44. The van der Waals surface area contributed by atoms with Crippen LogP contribution in [0.1, 0.15) is 59.6 Å². The molecule has 0 saturated carbocycles. The van der Waals surface area contributed by atoms with E-state index >= 15 is 0 Å². The second-order valence-corrected chi connectivity index (χ2v) is 4.45. The molecular weight excluding hydrogens is 323 g/mol. The summed E-state index contributed by atoms with van der Waals surface area (Å²) in [5, 5.41) is 9.05. The molecule has 0 atom stereocenters. The van der Waals surface area contributed by atoms with Gasteiger partial charge in [0.15, 0.2) is 5.69 Å². The fraction of sp³-hybridized carbons (Fsp3) is 0.500. The highest BCUT2D eigenvalue weighted by molar-refractivity contribution is 5.93. The molecule has 0 radical (unpaired) electrons. The van der Waals surface area contributed by atoms with Crippen molar-refractivity contribution in [2.45, 2.75) is 39.3 Å². The maximum Gasteiger partial charge on any atom is 0.434 e. The summed E-state index contributed by atoms with van der Waals surface area (Å²) in [6.45, 7) is 2.75.